The Morgan fingerprint density at radius 3 is 2.95 bits per heavy atom. The standard InChI is InChI=1S/C15H21NO3/c1-11(2)12-3-4-14-13(9-12)10-16(7-8-19-14)6-5-15(17)18/h3-4,9,11H,5-8,10H2,1-2H3,(H,17,18). The second-order valence-corrected chi connectivity index (χ2v) is 5.29. The van der Waals surface area contributed by atoms with Gasteiger partial charge in [-0.25, -0.2) is 0 Å². The van der Waals surface area contributed by atoms with Crippen LogP contribution in [0.3, 0.4) is 0 Å². The van der Waals surface area contributed by atoms with Gasteiger partial charge in [0.1, 0.15) is 12.4 Å². The van der Waals surface area contributed by atoms with Gasteiger partial charge in [-0.2, -0.15) is 0 Å². The molecule has 0 amide bonds. The molecule has 0 aliphatic carbocycles. The van der Waals surface area contributed by atoms with Gasteiger partial charge in [0.15, 0.2) is 0 Å². The van der Waals surface area contributed by atoms with E-state index >= 15 is 0 Å². The first-order valence-electron chi connectivity index (χ1n) is 6.76. The molecule has 0 bridgehead atoms. The van der Waals surface area contributed by atoms with Crippen LogP contribution in [0, 0.1) is 0 Å². The molecule has 0 aromatic heterocycles. The van der Waals surface area contributed by atoms with Crippen molar-refractivity contribution in [1.82, 2.24) is 4.90 Å². The first-order chi connectivity index (χ1) is 9.06. The van der Waals surface area contributed by atoms with E-state index in [1.54, 1.807) is 0 Å². The minimum Gasteiger partial charge on any atom is -0.492 e. The highest BCUT2D eigenvalue weighted by molar-refractivity contribution is 5.66. The van der Waals surface area contributed by atoms with Gasteiger partial charge in [0.25, 0.3) is 0 Å². The van der Waals surface area contributed by atoms with Gasteiger partial charge in [-0.15, -0.1) is 0 Å². The fourth-order valence-electron chi connectivity index (χ4n) is 2.27. The fraction of sp³-hybridized carbons (Fsp3) is 0.533. The van der Waals surface area contributed by atoms with Crippen molar-refractivity contribution < 1.29 is 14.6 Å². The van der Waals surface area contributed by atoms with Crippen molar-refractivity contribution in [3.05, 3.63) is 29.3 Å². The van der Waals surface area contributed by atoms with Crippen molar-refractivity contribution in [1.29, 1.82) is 0 Å². The summed E-state index contributed by atoms with van der Waals surface area (Å²) < 4.78 is 5.73. The van der Waals surface area contributed by atoms with Crippen LogP contribution >= 0.6 is 0 Å². The number of benzene rings is 1. The summed E-state index contributed by atoms with van der Waals surface area (Å²) in [7, 11) is 0. The normalized spacial score (nSPS) is 15.7. The smallest absolute Gasteiger partial charge is 0.304 e. The van der Waals surface area contributed by atoms with Crippen LogP contribution in [0.25, 0.3) is 0 Å². The Hall–Kier alpha value is -1.55. The molecule has 104 valence electrons. The molecule has 1 aliphatic heterocycles. The lowest BCUT2D eigenvalue weighted by Gasteiger charge is -2.18. The van der Waals surface area contributed by atoms with Gasteiger partial charge in [0.05, 0.1) is 6.42 Å². The summed E-state index contributed by atoms with van der Waals surface area (Å²) in [6, 6.07) is 6.32. The minimum atomic E-state index is -0.749. The first kappa shape index (κ1) is 13.9. The number of hydrogen-bond donors (Lipinski definition) is 1. The van der Waals surface area contributed by atoms with Gasteiger partial charge >= 0.3 is 5.97 Å². The highest BCUT2D eigenvalue weighted by atomic mass is 16.5. The molecule has 1 aromatic carbocycles. The highest BCUT2D eigenvalue weighted by Gasteiger charge is 2.16. The largest absolute Gasteiger partial charge is 0.492 e. The average molecular weight is 263 g/mol. The van der Waals surface area contributed by atoms with E-state index in [0.29, 0.717) is 19.1 Å². The molecule has 0 spiro atoms. The Balaban J connectivity index is 2.12. The van der Waals surface area contributed by atoms with Gasteiger partial charge < -0.3 is 9.84 Å². The summed E-state index contributed by atoms with van der Waals surface area (Å²) in [5.41, 5.74) is 2.46. The van der Waals surface area contributed by atoms with Gasteiger partial charge in [0, 0.05) is 25.2 Å². The van der Waals surface area contributed by atoms with E-state index in [0.717, 1.165) is 24.4 Å². The molecule has 0 saturated carbocycles. The average Bonchev–Trinajstić information content (AvgIpc) is 2.56. The highest BCUT2D eigenvalue weighted by Crippen LogP contribution is 2.27. The third-order valence-corrected chi connectivity index (χ3v) is 3.45. The van der Waals surface area contributed by atoms with Gasteiger partial charge in [-0.05, 0) is 17.5 Å². The Morgan fingerprint density at radius 2 is 2.26 bits per heavy atom. The number of carboxylic acid groups (broad SMARTS) is 1. The number of nitrogens with zero attached hydrogens (tertiary/aromatic N) is 1. The Bertz CT molecular complexity index is 457. The molecular weight excluding hydrogens is 242 g/mol. The topological polar surface area (TPSA) is 49.8 Å². The van der Waals surface area contributed by atoms with Crippen LogP contribution in [0.2, 0.25) is 0 Å². The molecule has 1 aliphatic rings. The van der Waals surface area contributed by atoms with Crippen molar-refractivity contribution in [3.63, 3.8) is 0 Å². The third-order valence-electron chi connectivity index (χ3n) is 3.45. The minimum absolute atomic E-state index is 0.180. The molecule has 1 N–H and O–H groups in total. The number of fused-ring (bicyclic) bond motifs is 1. The molecule has 0 radical (unpaired) electrons. The number of rotatable bonds is 4. The maximum atomic E-state index is 10.7. The Labute approximate surface area is 114 Å². The van der Waals surface area contributed by atoms with Crippen molar-refractivity contribution >= 4 is 5.97 Å². The third kappa shape index (κ3) is 3.70. The summed E-state index contributed by atoms with van der Waals surface area (Å²) in [4.78, 5) is 12.8. The zero-order valence-electron chi connectivity index (χ0n) is 11.6. The van der Waals surface area contributed by atoms with Gasteiger partial charge in [-0.1, -0.05) is 26.0 Å². The first-order valence-corrected chi connectivity index (χ1v) is 6.76. The predicted octanol–water partition coefficient (Wildman–Crippen LogP) is 2.48. The summed E-state index contributed by atoms with van der Waals surface area (Å²) in [5.74, 6) is 0.671. The van der Waals surface area contributed by atoms with Crippen LogP contribution in [0.15, 0.2) is 18.2 Å². The monoisotopic (exact) mass is 263 g/mol. The van der Waals surface area contributed by atoms with Crippen molar-refractivity contribution in [2.75, 3.05) is 19.7 Å². The van der Waals surface area contributed by atoms with E-state index < -0.39 is 5.97 Å². The van der Waals surface area contributed by atoms with Crippen LogP contribution in [0.1, 0.15) is 37.3 Å². The summed E-state index contributed by atoms with van der Waals surface area (Å²) in [6.07, 6.45) is 0.180. The van der Waals surface area contributed by atoms with E-state index in [4.69, 9.17) is 9.84 Å². The van der Waals surface area contributed by atoms with E-state index in [-0.39, 0.29) is 6.42 Å². The lowest BCUT2D eigenvalue weighted by molar-refractivity contribution is -0.137. The molecule has 4 heteroatoms. The lowest BCUT2D eigenvalue weighted by Crippen LogP contribution is -2.28. The van der Waals surface area contributed by atoms with Crippen LogP contribution < -0.4 is 4.74 Å². The van der Waals surface area contributed by atoms with Crippen LogP contribution in [-0.4, -0.2) is 35.7 Å². The second kappa shape index (κ2) is 6.06. The van der Waals surface area contributed by atoms with E-state index in [9.17, 15) is 4.79 Å². The van der Waals surface area contributed by atoms with Gasteiger partial charge in [0.2, 0.25) is 0 Å². The number of aliphatic carboxylic acids is 1. The molecule has 0 saturated heterocycles. The SMILES string of the molecule is CC(C)c1ccc2c(c1)CN(CCC(=O)O)CCO2. The maximum absolute atomic E-state index is 10.7. The number of hydrogen-bond acceptors (Lipinski definition) is 3. The Morgan fingerprint density at radius 1 is 1.47 bits per heavy atom. The molecule has 0 atom stereocenters. The number of ether oxygens (including phenoxy) is 1. The molecule has 19 heavy (non-hydrogen) atoms. The quantitative estimate of drug-likeness (QED) is 0.906. The van der Waals surface area contributed by atoms with Crippen molar-refractivity contribution in [2.24, 2.45) is 0 Å². The van der Waals surface area contributed by atoms with E-state index in [2.05, 4.69) is 30.9 Å². The summed E-state index contributed by atoms with van der Waals surface area (Å²) in [6.45, 7) is 7.07. The van der Waals surface area contributed by atoms with Crippen molar-refractivity contribution in [3.8, 4) is 5.75 Å². The molecule has 0 fully saturated rings. The molecule has 1 heterocycles. The van der Waals surface area contributed by atoms with Crippen LogP contribution in [-0.2, 0) is 11.3 Å². The van der Waals surface area contributed by atoms with Gasteiger partial charge in [-0.3, -0.25) is 9.69 Å². The van der Waals surface area contributed by atoms with Crippen LogP contribution in [0.4, 0.5) is 0 Å². The van der Waals surface area contributed by atoms with Crippen LogP contribution in [0.5, 0.6) is 5.75 Å². The Kier molecular flexibility index (Phi) is 4.43. The summed E-state index contributed by atoms with van der Waals surface area (Å²) in [5, 5.41) is 8.77. The van der Waals surface area contributed by atoms with E-state index in [1.165, 1.54) is 5.56 Å². The number of carbonyl (C=O) groups is 1. The lowest BCUT2D eigenvalue weighted by atomic mass is 10.00. The maximum Gasteiger partial charge on any atom is 0.304 e. The molecule has 2 rings (SSSR count). The predicted molar refractivity (Wildman–Crippen MR) is 73.6 cm³/mol. The summed E-state index contributed by atoms with van der Waals surface area (Å²) >= 11 is 0. The zero-order chi connectivity index (χ0) is 13.8. The molecule has 4 nitrogen and oxygen atoms in total. The second-order valence-electron chi connectivity index (χ2n) is 5.29. The molecule has 0 unspecified atom stereocenters. The molecular formula is C15H21NO3. The fourth-order valence-corrected chi connectivity index (χ4v) is 2.27. The molecule has 1 aromatic rings. The van der Waals surface area contributed by atoms with E-state index in [1.807, 2.05) is 6.07 Å². The zero-order valence-corrected chi connectivity index (χ0v) is 11.6. The number of carboxylic acids is 1. The van der Waals surface area contributed by atoms with Crippen molar-refractivity contribution in [2.45, 2.75) is 32.7 Å².